The van der Waals surface area contributed by atoms with Gasteiger partial charge in [0.25, 0.3) is 5.69 Å². The zero-order chi connectivity index (χ0) is 20.0. The maximum absolute atomic E-state index is 12.2. The van der Waals surface area contributed by atoms with Crippen LogP contribution in [0.5, 0.6) is 17.2 Å². The molecule has 142 valence electrons. The van der Waals surface area contributed by atoms with E-state index in [4.69, 9.17) is 14.2 Å². The summed E-state index contributed by atoms with van der Waals surface area (Å²) in [5, 5.41) is 13.5. The summed E-state index contributed by atoms with van der Waals surface area (Å²) in [5.41, 5.74) is 1.67. The zero-order valence-electron chi connectivity index (χ0n) is 15.4. The Kier molecular flexibility index (Phi) is 6.37. The van der Waals surface area contributed by atoms with Crippen molar-refractivity contribution in [2.24, 2.45) is 0 Å². The van der Waals surface area contributed by atoms with Gasteiger partial charge in [-0.15, -0.1) is 0 Å². The molecule has 0 atom stereocenters. The predicted molar refractivity (Wildman–Crippen MR) is 102 cm³/mol. The van der Waals surface area contributed by atoms with Gasteiger partial charge in [0.05, 0.1) is 31.9 Å². The Balaban J connectivity index is 2.22. The van der Waals surface area contributed by atoms with Gasteiger partial charge in [0, 0.05) is 18.2 Å². The number of carbonyl (C=O) groups excluding carboxylic acids is 1. The number of nitrogens with zero attached hydrogens (tertiary/aromatic N) is 1. The van der Waals surface area contributed by atoms with Crippen LogP contribution in [-0.2, 0) is 4.79 Å². The number of hydrogen-bond donors (Lipinski definition) is 1. The average Bonchev–Trinajstić information content (AvgIpc) is 2.66. The normalized spacial score (nSPS) is 10.5. The third-order valence-corrected chi connectivity index (χ3v) is 3.80. The van der Waals surface area contributed by atoms with Crippen LogP contribution in [0.1, 0.15) is 11.1 Å². The molecule has 0 aliphatic heterocycles. The molecule has 0 saturated heterocycles. The summed E-state index contributed by atoms with van der Waals surface area (Å²) in [7, 11) is 4.51. The second-order valence-corrected chi connectivity index (χ2v) is 5.54. The van der Waals surface area contributed by atoms with Gasteiger partial charge < -0.3 is 19.5 Å². The quantitative estimate of drug-likeness (QED) is 0.453. The number of methoxy groups -OCH3 is 3. The van der Waals surface area contributed by atoms with Gasteiger partial charge in [0.2, 0.25) is 11.7 Å². The highest BCUT2D eigenvalue weighted by atomic mass is 16.6. The number of amides is 1. The Morgan fingerprint density at radius 1 is 1.07 bits per heavy atom. The minimum Gasteiger partial charge on any atom is -0.493 e. The van der Waals surface area contributed by atoms with Gasteiger partial charge in [-0.1, -0.05) is 6.07 Å². The van der Waals surface area contributed by atoms with E-state index in [0.717, 1.165) is 5.56 Å². The first-order valence-electron chi connectivity index (χ1n) is 7.93. The fraction of sp³-hybridized carbons (Fsp3) is 0.211. The summed E-state index contributed by atoms with van der Waals surface area (Å²) >= 11 is 0. The molecule has 8 heteroatoms. The number of nitrogens with one attached hydrogen (secondary N) is 1. The van der Waals surface area contributed by atoms with E-state index in [1.54, 1.807) is 31.2 Å². The summed E-state index contributed by atoms with van der Waals surface area (Å²) in [6, 6.07) is 7.68. The van der Waals surface area contributed by atoms with Crippen LogP contribution in [-0.4, -0.2) is 32.2 Å². The second-order valence-electron chi connectivity index (χ2n) is 5.54. The first kappa shape index (κ1) is 19.8. The number of non-ortho nitro benzene ring substituents is 1. The van der Waals surface area contributed by atoms with Gasteiger partial charge in [-0.3, -0.25) is 14.9 Å². The number of nitro benzene ring substituents is 1. The number of aryl methyl sites for hydroxylation is 1. The monoisotopic (exact) mass is 372 g/mol. The zero-order valence-corrected chi connectivity index (χ0v) is 15.4. The summed E-state index contributed by atoms with van der Waals surface area (Å²) in [5.74, 6) is 0.957. The van der Waals surface area contributed by atoms with E-state index in [9.17, 15) is 14.9 Å². The SMILES string of the molecule is COc1cc(/C=C/C(=O)Nc2cc([N+](=O)[O-])ccc2C)cc(OC)c1OC. The van der Waals surface area contributed by atoms with Gasteiger partial charge in [-0.25, -0.2) is 0 Å². The molecule has 0 radical (unpaired) electrons. The molecule has 1 amide bonds. The molecule has 0 aliphatic carbocycles. The van der Waals surface area contributed by atoms with E-state index >= 15 is 0 Å². The van der Waals surface area contributed by atoms with Crippen molar-refractivity contribution in [2.45, 2.75) is 6.92 Å². The Labute approximate surface area is 156 Å². The predicted octanol–water partition coefficient (Wildman–Crippen LogP) is 3.58. The van der Waals surface area contributed by atoms with Crippen LogP contribution < -0.4 is 19.5 Å². The lowest BCUT2D eigenvalue weighted by molar-refractivity contribution is -0.384. The van der Waals surface area contributed by atoms with Crippen molar-refractivity contribution in [2.75, 3.05) is 26.6 Å². The van der Waals surface area contributed by atoms with Crippen molar-refractivity contribution in [3.8, 4) is 17.2 Å². The number of hydrogen-bond acceptors (Lipinski definition) is 6. The van der Waals surface area contributed by atoms with Crippen molar-refractivity contribution in [3.05, 3.63) is 57.6 Å². The molecule has 0 spiro atoms. The van der Waals surface area contributed by atoms with Crippen molar-refractivity contribution < 1.29 is 23.9 Å². The largest absolute Gasteiger partial charge is 0.493 e. The van der Waals surface area contributed by atoms with Gasteiger partial charge >= 0.3 is 0 Å². The van der Waals surface area contributed by atoms with E-state index in [2.05, 4.69) is 5.32 Å². The van der Waals surface area contributed by atoms with Gasteiger partial charge in [-0.2, -0.15) is 0 Å². The molecule has 27 heavy (non-hydrogen) atoms. The van der Waals surface area contributed by atoms with Crippen molar-refractivity contribution >= 4 is 23.4 Å². The third kappa shape index (κ3) is 4.75. The van der Waals surface area contributed by atoms with E-state index in [1.807, 2.05) is 0 Å². The highest BCUT2D eigenvalue weighted by Crippen LogP contribution is 2.38. The molecular formula is C19H20N2O6. The van der Waals surface area contributed by atoms with Crippen LogP contribution >= 0.6 is 0 Å². The topological polar surface area (TPSA) is 99.9 Å². The van der Waals surface area contributed by atoms with Gasteiger partial charge in [0.1, 0.15) is 0 Å². The Hall–Kier alpha value is -3.55. The molecule has 1 N–H and O–H groups in total. The summed E-state index contributed by atoms with van der Waals surface area (Å²) in [6.07, 6.45) is 2.89. The molecule has 0 aromatic heterocycles. The number of carbonyl (C=O) groups is 1. The Morgan fingerprint density at radius 3 is 2.22 bits per heavy atom. The molecule has 0 heterocycles. The van der Waals surface area contributed by atoms with Crippen LogP contribution in [0.4, 0.5) is 11.4 Å². The second kappa shape index (κ2) is 8.70. The summed E-state index contributed by atoms with van der Waals surface area (Å²) < 4.78 is 15.8. The molecular weight excluding hydrogens is 352 g/mol. The lowest BCUT2D eigenvalue weighted by Gasteiger charge is -2.12. The number of nitro groups is 1. The Bertz CT molecular complexity index is 867. The standard InChI is InChI=1S/C19H20N2O6/c1-12-5-7-14(21(23)24)11-15(12)20-18(22)8-6-13-9-16(25-2)19(27-4)17(10-13)26-3/h5-11H,1-4H3,(H,20,22)/b8-6+. The van der Waals surface area contributed by atoms with E-state index in [0.29, 0.717) is 28.5 Å². The van der Waals surface area contributed by atoms with Crippen molar-refractivity contribution in [3.63, 3.8) is 0 Å². The molecule has 0 fully saturated rings. The number of rotatable bonds is 7. The summed E-state index contributed by atoms with van der Waals surface area (Å²) in [4.78, 5) is 22.6. The van der Waals surface area contributed by atoms with Crippen LogP contribution in [0.15, 0.2) is 36.4 Å². The fourth-order valence-corrected chi connectivity index (χ4v) is 2.40. The minimum atomic E-state index is -0.513. The maximum Gasteiger partial charge on any atom is 0.271 e. The van der Waals surface area contributed by atoms with Crippen molar-refractivity contribution in [1.82, 2.24) is 0 Å². The van der Waals surface area contributed by atoms with E-state index in [-0.39, 0.29) is 5.69 Å². The minimum absolute atomic E-state index is 0.0930. The highest BCUT2D eigenvalue weighted by Gasteiger charge is 2.13. The number of benzene rings is 2. The van der Waals surface area contributed by atoms with Crippen LogP contribution in [0, 0.1) is 17.0 Å². The van der Waals surface area contributed by atoms with Crippen LogP contribution in [0.3, 0.4) is 0 Å². The van der Waals surface area contributed by atoms with Gasteiger partial charge in [0.15, 0.2) is 11.5 Å². The molecule has 0 unspecified atom stereocenters. The lowest BCUT2D eigenvalue weighted by atomic mass is 10.1. The number of ether oxygens (including phenoxy) is 3. The highest BCUT2D eigenvalue weighted by molar-refractivity contribution is 6.02. The van der Waals surface area contributed by atoms with Crippen LogP contribution in [0.2, 0.25) is 0 Å². The first-order chi connectivity index (χ1) is 12.9. The molecule has 0 saturated carbocycles. The van der Waals surface area contributed by atoms with E-state index < -0.39 is 10.8 Å². The molecule has 8 nitrogen and oxygen atoms in total. The molecule has 2 aromatic rings. The lowest BCUT2D eigenvalue weighted by Crippen LogP contribution is -2.09. The molecule has 0 bridgehead atoms. The first-order valence-corrected chi connectivity index (χ1v) is 7.93. The maximum atomic E-state index is 12.2. The van der Waals surface area contributed by atoms with Gasteiger partial charge in [-0.05, 0) is 36.3 Å². The molecule has 0 aliphatic rings. The Morgan fingerprint density at radius 2 is 1.70 bits per heavy atom. The van der Waals surface area contributed by atoms with E-state index in [1.165, 1.54) is 39.5 Å². The fourth-order valence-electron chi connectivity index (χ4n) is 2.40. The smallest absolute Gasteiger partial charge is 0.271 e. The molecule has 2 rings (SSSR count). The summed E-state index contributed by atoms with van der Waals surface area (Å²) in [6.45, 7) is 1.75. The number of anilines is 1. The molecule has 2 aromatic carbocycles. The van der Waals surface area contributed by atoms with Crippen molar-refractivity contribution in [1.29, 1.82) is 0 Å². The third-order valence-electron chi connectivity index (χ3n) is 3.80. The van der Waals surface area contributed by atoms with Crippen LogP contribution in [0.25, 0.3) is 6.08 Å². The average molecular weight is 372 g/mol.